The highest BCUT2D eigenvalue weighted by Crippen LogP contribution is 2.53. The number of hydrogen-bond donors (Lipinski definition) is 1. The van der Waals surface area contributed by atoms with E-state index in [-0.39, 0.29) is 23.2 Å². The van der Waals surface area contributed by atoms with E-state index in [1.807, 2.05) is 0 Å². The molecule has 4 aromatic rings. The summed E-state index contributed by atoms with van der Waals surface area (Å²) in [4.78, 5) is 55.0. The summed E-state index contributed by atoms with van der Waals surface area (Å²) in [6, 6.07) is 21.0. The van der Waals surface area contributed by atoms with Gasteiger partial charge in [-0.25, -0.2) is 9.29 Å². The lowest BCUT2D eigenvalue weighted by atomic mass is 9.83. The highest BCUT2D eigenvalue weighted by atomic mass is 35.5. The van der Waals surface area contributed by atoms with E-state index >= 15 is 0 Å². The van der Waals surface area contributed by atoms with Crippen molar-refractivity contribution in [2.24, 2.45) is 5.92 Å². The second-order valence-corrected chi connectivity index (χ2v) is 11.7. The number of fused-ring (bicyclic) bond motifs is 2. The van der Waals surface area contributed by atoms with Gasteiger partial charge in [-0.15, -0.1) is 0 Å². The van der Waals surface area contributed by atoms with Crippen LogP contribution >= 0.6 is 34.7 Å². The third-order valence-electron chi connectivity index (χ3n) is 6.72. The van der Waals surface area contributed by atoms with E-state index < -0.39 is 28.8 Å². The van der Waals surface area contributed by atoms with Crippen LogP contribution in [0.15, 0.2) is 88.7 Å². The van der Waals surface area contributed by atoms with E-state index in [2.05, 4.69) is 5.32 Å². The maximum absolute atomic E-state index is 13.8. The van der Waals surface area contributed by atoms with E-state index in [0.717, 1.165) is 28.7 Å². The van der Waals surface area contributed by atoms with Crippen molar-refractivity contribution in [3.8, 4) is 0 Å². The van der Waals surface area contributed by atoms with Gasteiger partial charge >= 0.3 is 4.87 Å². The normalized spacial score (nSPS) is 20.1. The molecule has 0 radical (unpaired) electrons. The molecule has 3 unspecified atom stereocenters. The second-order valence-electron chi connectivity index (χ2n) is 9.12. The Bertz CT molecular complexity index is 1660. The van der Waals surface area contributed by atoms with Gasteiger partial charge in [0.1, 0.15) is 17.6 Å². The fourth-order valence-corrected chi connectivity index (χ4v) is 7.89. The Morgan fingerprint density at radius 1 is 0.923 bits per heavy atom. The fraction of sp³-hybridized carbons (Fsp3) is 0.143. The van der Waals surface area contributed by atoms with Gasteiger partial charge in [-0.3, -0.25) is 23.7 Å². The van der Waals surface area contributed by atoms with Crippen LogP contribution < -0.4 is 15.1 Å². The zero-order valence-electron chi connectivity index (χ0n) is 20.0. The zero-order chi connectivity index (χ0) is 27.3. The summed E-state index contributed by atoms with van der Waals surface area (Å²) in [7, 11) is 0. The molecular weight excluding hydrogens is 561 g/mol. The van der Waals surface area contributed by atoms with Gasteiger partial charge in [0.05, 0.1) is 16.6 Å². The van der Waals surface area contributed by atoms with Gasteiger partial charge in [-0.05, 0) is 54.1 Å². The predicted octanol–water partition coefficient (Wildman–Crippen LogP) is 5.14. The maximum Gasteiger partial charge on any atom is 0.308 e. The van der Waals surface area contributed by atoms with Crippen molar-refractivity contribution in [2.45, 2.75) is 22.7 Å². The number of halogens is 2. The Morgan fingerprint density at radius 2 is 1.62 bits per heavy atom. The number of carbonyl (C=O) groups is 3. The number of carbonyl (C=O) groups excluding carboxylic acids is 3. The average molecular weight is 580 g/mol. The Morgan fingerprint density at radius 3 is 2.31 bits per heavy atom. The number of imide groups is 1. The van der Waals surface area contributed by atoms with Gasteiger partial charge in [-0.2, -0.15) is 0 Å². The topological polar surface area (TPSA) is 88.5 Å². The summed E-state index contributed by atoms with van der Waals surface area (Å²) >= 11 is 8.24. The molecule has 6 rings (SSSR count). The summed E-state index contributed by atoms with van der Waals surface area (Å²) in [6.45, 7) is -0.301. The lowest BCUT2D eigenvalue weighted by molar-refractivity contribution is -0.122. The number of rotatable bonds is 5. The number of hydrogen-bond acceptors (Lipinski definition) is 6. The molecule has 0 bridgehead atoms. The van der Waals surface area contributed by atoms with Gasteiger partial charge in [0.2, 0.25) is 17.7 Å². The number of nitrogens with zero attached hydrogens (tertiary/aromatic N) is 2. The number of anilines is 2. The molecule has 39 heavy (non-hydrogen) atoms. The number of aromatic nitrogens is 1. The highest BCUT2D eigenvalue weighted by molar-refractivity contribution is 8.00. The van der Waals surface area contributed by atoms with E-state index in [4.69, 9.17) is 11.6 Å². The second kappa shape index (κ2) is 10.1. The first-order valence-electron chi connectivity index (χ1n) is 12.0. The molecule has 7 nitrogen and oxygen atoms in total. The SMILES string of the molecule is O=C(Cn1c2c(sc1=O)C(c1ccc(Cl)cc1)C1C(=O)N(c3ccccc3)C(=O)C1S2)Nc1ccc(F)cc1. The molecule has 3 heterocycles. The van der Waals surface area contributed by atoms with Crippen LogP contribution in [0.4, 0.5) is 15.8 Å². The third-order valence-corrected chi connectivity index (χ3v) is 9.58. The Hall–Kier alpha value is -3.73. The van der Waals surface area contributed by atoms with Crippen LogP contribution in [0.25, 0.3) is 0 Å². The first-order chi connectivity index (χ1) is 18.8. The number of thiazole rings is 1. The van der Waals surface area contributed by atoms with Crippen LogP contribution in [-0.4, -0.2) is 27.5 Å². The zero-order valence-corrected chi connectivity index (χ0v) is 22.4. The minimum Gasteiger partial charge on any atom is -0.325 e. The molecule has 3 atom stereocenters. The summed E-state index contributed by atoms with van der Waals surface area (Å²) in [5.41, 5.74) is 1.62. The van der Waals surface area contributed by atoms with Crippen LogP contribution in [0.2, 0.25) is 5.02 Å². The Balaban J connectivity index is 1.40. The summed E-state index contributed by atoms with van der Waals surface area (Å²) in [6.07, 6.45) is 0. The lowest BCUT2D eigenvalue weighted by Crippen LogP contribution is -2.33. The number of amides is 3. The minimum absolute atomic E-state index is 0.301. The minimum atomic E-state index is -0.786. The van der Waals surface area contributed by atoms with Crippen molar-refractivity contribution < 1.29 is 18.8 Å². The molecule has 11 heteroatoms. The van der Waals surface area contributed by atoms with Crippen LogP contribution in [0, 0.1) is 11.7 Å². The van der Waals surface area contributed by atoms with Crippen LogP contribution in [-0.2, 0) is 20.9 Å². The van der Waals surface area contributed by atoms with E-state index in [1.165, 1.54) is 33.7 Å². The van der Waals surface area contributed by atoms with Crippen LogP contribution in [0.5, 0.6) is 0 Å². The van der Waals surface area contributed by atoms with Crippen molar-refractivity contribution in [1.82, 2.24) is 4.57 Å². The molecular formula is C28H19ClFN3O4S2. The average Bonchev–Trinajstić information content (AvgIpc) is 3.37. The molecule has 1 N–H and O–H groups in total. The molecule has 196 valence electrons. The van der Waals surface area contributed by atoms with E-state index in [9.17, 15) is 23.6 Å². The molecule has 1 fully saturated rings. The molecule has 0 saturated carbocycles. The third kappa shape index (κ3) is 4.58. The van der Waals surface area contributed by atoms with Crippen LogP contribution in [0.3, 0.4) is 0 Å². The quantitative estimate of drug-likeness (QED) is 0.331. The van der Waals surface area contributed by atoms with Gasteiger partial charge in [-0.1, -0.05) is 65.0 Å². The summed E-state index contributed by atoms with van der Waals surface area (Å²) < 4.78 is 14.6. The number of benzene rings is 3. The smallest absolute Gasteiger partial charge is 0.308 e. The number of nitrogens with one attached hydrogen (secondary N) is 1. The standard InChI is InChI=1S/C28H19ClFN3O4S2/c29-16-8-6-15(7-9-16)21-22-23(26(36)33(25(22)35)19-4-2-1-3-5-19)38-27-24(21)39-28(37)32(27)14-20(34)31-18-12-10-17(30)11-13-18/h1-13,21-23H,14H2,(H,31,34). The van der Waals surface area contributed by atoms with Crippen molar-refractivity contribution in [1.29, 1.82) is 0 Å². The van der Waals surface area contributed by atoms with Gasteiger partial charge in [0, 0.05) is 21.5 Å². The van der Waals surface area contributed by atoms with E-state index in [0.29, 0.717) is 26.3 Å². The largest absolute Gasteiger partial charge is 0.325 e. The Labute approximate surface area is 235 Å². The first-order valence-corrected chi connectivity index (χ1v) is 14.0. The van der Waals surface area contributed by atoms with Gasteiger partial charge in [0.25, 0.3) is 0 Å². The van der Waals surface area contributed by atoms with Crippen LogP contribution in [0.1, 0.15) is 16.4 Å². The molecule has 1 aromatic heterocycles. The number of thioether (sulfide) groups is 1. The fourth-order valence-electron chi connectivity index (χ4n) is 4.99. The molecule has 0 spiro atoms. The van der Waals surface area contributed by atoms with Crippen molar-refractivity contribution in [3.63, 3.8) is 0 Å². The monoisotopic (exact) mass is 579 g/mol. The van der Waals surface area contributed by atoms with Crippen molar-refractivity contribution in [3.05, 3.63) is 110 Å². The van der Waals surface area contributed by atoms with E-state index in [1.54, 1.807) is 54.6 Å². The maximum atomic E-state index is 13.8. The van der Waals surface area contributed by atoms with Gasteiger partial charge in [0.15, 0.2) is 0 Å². The molecule has 2 aliphatic heterocycles. The van der Waals surface area contributed by atoms with Crippen molar-refractivity contribution >= 4 is 63.8 Å². The summed E-state index contributed by atoms with van der Waals surface area (Å²) in [5.74, 6) is -2.93. The first kappa shape index (κ1) is 25.5. The summed E-state index contributed by atoms with van der Waals surface area (Å²) in [5, 5.41) is 2.88. The molecule has 0 aliphatic carbocycles. The molecule has 3 aromatic carbocycles. The Kier molecular flexibility index (Phi) is 6.62. The highest BCUT2D eigenvalue weighted by Gasteiger charge is 2.56. The van der Waals surface area contributed by atoms with Crippen molar-refractivity contribution in [2.75, 3.05) is 10.2 Å². The molecule has 2 aliphatic rings. The molecule has 3 amide bonds. The predicted molar refractivity (Wildman–Crippen MR) is 149 cm³/mol. The number of para-hydroxylation sites is 1. The molecule has 1 saturated heterocycles. The van der Waals surface area contributed by atoms with Gasteiger partial charge < -0.3 is 5.32 Å². The lowest BCUT2D eigenvalue weighted by Gasteiger charge is -2.30.